The average molecular weight is 469 g/mol. The van der Waals surface area contributed by atoms with Crippen molar-refractivity contribution in [3.05, 3.63) is 59.7 Å². The van der Waals surface area contributed by atoms with E-state index in [1.165, 1.54) is 7.11 Å². The normalized spacial score (nSPS) is 13.9. The van der Waals surface area contributed by atoms with Crippen molar-refractivity contribution in [1.82, 2.24) is 10.6 Å². The van der Waals surface area contributed by atoms with Crippen molar-refractivity contribution >= 4 is 18.0 Å². The Morgan fingerprint density at radius 1 is 0.971 bits per heavy atom. The molecule has 3 N–H and O–H groups in total. The fourth-order valence-corrected chi connectivity index (χ4v) is 4.20. The summed E-state index contributed by atoms with van der Waals surface area (Å²) in [6, 6.07) is 15.2. The van der Waals surface area contributed by atoms with Crippen LogP contribution < -0.4 is 10.6 Å². The highest BCUT2D eigenvalue weighted by atomic mass is 16.5. The fraction of sp³-hybridized carbons (Fsp3) is 0.423. The molecule has 0 radical (unpaired) electrons. The number of alkyl carbamates (subject to hydrolysis) is 1. The molecule has 0 saturated carbocycles. The summed E-state index contributed by atoms with van der Waals surface area (Å²) in [5, 5.41) is 14.1. The lowest BCUT2D eigenvalue weighted by molar-refractivity contribution is -0.137. The quantitative estimate of drug-likeness (QED) is 0.410. The summed E-state index contributed by atoms with van der Waals surface area (Å²) < 4.78 is 10.8. The molecular weight excluding hydrogens is 436 g/mol. The van der Waals surface area contributed by atoms with E-state index in [4.69, 9.17) is 14.6 Å². The monoisotopic (exact) mass is 468 g/mol. The van der Waals surface area contributed by atoms with Gasteiger partial charge in [0.05, 0.1) is 6.10 Å². The van der Waals surface area contributed by atoms with Gasteiger partial charge in [0.25, 0.3) is 0 Å². The first-order valence-electron chi connectivity index (χ1n) is 11.6. The van der Waals surface area contributed by atoms with Crippen molar-refractivity contribution < 1.29 is 29.0 Å². The molecule has 1 aliphatic rings. The summed E-state index contributed by atoms with van der Waals surface area (Å²) in [6.07, 6.45) is 0.760. The first-order valence-corrected chi connectivity index (χ1v) is 11.6. The summed E-state index contributed by atoms with van der Waals surface area (Å²) in [5.74, 6) is -1.28. The van der Waals surface area contributed by atoms with E-state index in [0.29, 0.717) is 25.8 Å². The Kier molecular flexibility index (Phi) is 9.04. The lowest BCUT2D eigenvalue weighted by Gasteiger charge is -2.23. The smallest absolute Gasteiger partial charge is 0.407 e. The molecule has 2 aromatic carbocycles. The fourth-order valence-electron chi connectivity index (χ4n) is 4.20. The number of carboxylic acids is 1. The van der Waals surface area contributed by atoms with E-state index in [-0.39, 0.29) is 24.9 Å². The van der Waals surface area contributed by atoms with Crippen LogP contribution in [0.25, 0.3) is 11.1 Å². The van der Waals surface area contributed by atoms with Gasteiger partial charge in [-0.25, -0.2) is 4.79 Å². The van der Waals surface area contributed by atoms with Gasteiger partial charge in [-0.05, 0) is 42.0 Å². The molecule has 0 saturated heterocycles. The topological polar surface area (TPSA) is 114 Å². The third-order valence-electron chi connectivity index (χ3n) is 6.11. The number of carboxylic acid groups (broad SMARTS) is 1. The zero-order valence-electron chi connectivity index (χ0n) is 19.6. The second-order valence-electron chi connectivity index (χ2n) is 8.38. The zero-order chi connectivity index (χ0) is 24.5. The molecule has 2 aromatic rings. The maximum Gasteiger partial charge on any atom is 0.407 e. The van der Waals surface area contributed by atoms with E-state index >= 15 is 0 Å². The van der Waals surface area contributed by atoms with E-state index in [9.17, 15) is 14.4 Å². The van der Waals surface area contributed by atoms with E-state index in [2.05, 4.69) is 22.8 Å². The van der Waals surface area contributed by atoms with E-state index in [0.717, 1.165) is 22.3 Å². The molecule has 2 atom stereocenters. The zero-order valence-corrected chi connectivity index (χ0v) is 19.6. The molecule has 0 bridgehead atoms. The molecule has 0 spiro atoms. The molecule has 0 heterocycles. The molecule has 8 nitrogen and oxygen atoms in total. The Labute approximate surface area is 199 Å². The second kappa shape index (κ2) is 12.2. The van der Waals surface area contributed by atoms with Crippen LogP contribution in [0.15, 0.2) is 48.5 Å². The first kappa shape index (κ1) is 25.2. The van der Waals surface area contributed by atoms with Crippen LogP contribution in [-0.2, 0) is 19.1 Å². The van der Waals surface area contributed by atoms with Gasteiger partial charge in [-0.1, -0.05) is 55.0 Å². The van der Waals surface area contributed by atoms with Crippen LogP contribution in [0.2, 0.25) is 0 Å². The van der Waals surface area contributed by atoms with Crippen LogP contribution in [0, 0.1) is 0 Å². The van der Waals surface area contributed by atoms with Gasteiger partial charge < -0.3 is 25.2 Å². The number of carbonyl (C=O) groups is 3. The number of fused-ring (bicyclic) bond motifs is 3. The Balaban J connectivity index is 1.54. The molecule has 1 aliphatic carbocycles. The summed E-state index contributed by atoms with van der Waals surface area (Å²) in [5.41, 5.74) is 4.50. The number of rotatable bonds is 12. The molecule has 0 unspecified atom stereocenters. The number of hydrogen-bond donors (Lipinski definition) is 3. The van der Waals surface area contributed by atoms with Crippen LogP contribution in [-0.4, -0.2) is 55.5 Å². The van der Waals surface area contributed by atoms with Gasteiger partial charge in [0.15, 0.2) is 0 Å². The molecule has 8 heteroatoms. The Morgan fingerprint density at radius 2 is 1.59 bits per heavy atom. The number of aliphatic carboxylic acids is 1. The van der Waals surface area contributed by atoms with Crippen molar-refractivity contribution in [3.63, 3.8) is 0 Å². The summed E-state index contributed by atoms with van der Waals surface area (Å²) in [4.78, 5) is 35.8. The number of carbonyl (C=O) groups excluding carboxylic acids is 2. The SMILES string of the molecule is CO[C@H](C)[C@H](NC(=O)OCC1c2ccccc2-c2ccccc21)C(=O)NCCCCCC(=O)O. The number of hydrogen-bond acceptors (Lipinski definition) is 5. The Bertz CT molecular complexity index is 963. The highest BCUT2D eigenvalue weighted by Crippen LogP contribution is 2.44. The van der Waals surface area contributed by atoms with Gasteiger partial charge in [-0.3, -0.25) is 9.59 Å². The Hall–Kier alpha value is -3.39. The standard InChI is InChI=1S/C26H32N2O6/c1-17(33-2)24(25(31)27-15-9-3-4-14-23(29)30)28-26(32)34-16-22-20-12-7-5-10-18(20)19-11-6-8-13-21(19)22/h5-8,10-13,17,22,24H,3-4,9,14-16H2,1-2H3,(H,27,31)(H,28,32)(H,29,30)/t17-,24+/m1/s1. The molecule has 0 fully saturated rings. The van der Waals surface area contributed by atoms with Gasteiger partial charge in [0.2, 0.25) is 5.91 Å². The second-order valence-corrected chi connectivity index (χ2v) is 8.38. The summed E-state index contributed by atoms with van der Waals surface area (Å²) in [6.45, 7) is 2.23. The maximum atomic E-state index is 12.7. The van der Waals surface area contributed by atoms with Crippen LogP contribution in [0.5, 0.6) is 0 Å². The highest BCUT2D eigenvalue weighted by Gasteiger charge is 2.31. The van der Waals surface area contributed by atoms with Gasteiger partial charge in [0.1, 0.15) is 12.6 Å². The number of nitrogens with one attached hydrogen (secondary N) is 2. The Morgan fingerprint density at radius 3 is 2.18 bits per heavy atom. The number of benzene rings is 2. The highest BCUT2D eigenvalue weighted by molar-refractivity contribution is 5.86. The molecule has 0 aromatic heterocycles. The first-order chi connectivity index (χ1) is 16.4. The predicted octanol–water partition coefficient (Wildman–Crippen LogP) is 3.69. The summed E-state index contributed by atoms with van der Waals surface area (Å²) >= 11 is 0. The largest absolute Gasteiger partial charge is 0.481 e. The third kappa shape index (κ3) is 6.35. The van der Waals surface area contributed by atoms with Gasteiger partial charge in [-0.2, -0.15) is 0 Å². The van der Waals surface area contributed by atoms with Crippen molar-refractivity contribution in [1.29, 1.82) is 0 Å². The number of methoxy groups -OCH3 is 1. The van der Waals surface area contributed by atoms with E-state index in [1.54, 1.807) is 6.92 Å². The van der Waals surface area contributed by atoms with Gasteiger partial charge in [-0.15, -0.1) is 0 Å². The van der Waals surface area contributed by atoms with Crippen LogP contribution in [0.4, 0.5) is 4.79 Å². The molecule has 0 aliphatic heterocycles. The number of ether oxygens (including phenoxy) is 2. The van der Waals surface area contributed by atoms with Gasteiger partial charge in [0, 0.05) is 26.0 Å². The van der Waals surface area contributed by atoms with E-state index < -0.39 is 24.2 Å². The molecule has 182 valence electrons. The molecule has 3 rings (SSSR count). The average Bonchev–Trinajstić information content (AvgIpc) is 3.16. The van der Waals surface area contributed by atoms with Crippen molar-refractivity contribution in [2.45, 2.75) is 50.7 Å². The minimum Gasteiger partial charge on any atom is -0.481 e. The number of unbranched alkanes of at least 4 members (excludes halogenated alkanes) is 2. The van der Waals surface area contributed by atoms with Crippen LogP contribution in [0.3, 0.4) is 0 Å². The van der Waals surface area contributed by atoms with Crippen molar-refractivity contribution in [2.24, 2.45) is 0 Å². The lowest BCUT2D eigenvalue weighted by atomic mass is 9.98. The molecular formula is C26H32N2O6. The van der Waals surface area contributed by atoms with Crippen LogP contribution in [0.1, 0.15) is 49.7 Å². The molecule has 2 amide bonds. The van der Waals surface area contributed by atoms with Crippen LogP contribution >= 0.6 is 0 Å². The van der Waals surface area contributed by atoms with Gasteiger partial charge >= 0.3 is 12.1 Å². The predicted molar refractivity (Wildman–Crippen MR) is 128 cm³/mol. The third-order valence-corrected chi connectivity index (χ3v) is 6.11. The van der Waals surface area contributed by atoms with Crippen molar-refractivity contribution in [2.75, 3.05) is 20.3 Å². The lowest BCUT2D eigenvalue weighted by Crippen LogP contribution is -2.53. The molecule has 34 heavy (non-hydrogen) atoms. The minimum atomic E-state index is -0.917. The van der Waals surface area contributed by atoms with Crippen molar-refractivity contribution in [3.8, 4) is 11.1 Å². The minimum absolute atomic E-state index is 0.0731. The maximum absolute atomic E-state index is 12.7. The van der Waals surface area contributed by atoms with E-state index in [1.807, 2.05) is 36.4 Å². The summed E-state index contributed by atoms with van der Waals surface area (Å²) in [7, 11) is 1.47. The number of amides is 2.